The Hall–Kier alpha value is -5.84. The molecule has 252 valence electrons. The number of hydrogen-bond acceptors (Lipinski definition) is 6. The highest BCUT2D eigenvalue weighted by Crippen LogP contribution is 2.42. The number of aryl methyl sites for hydroxylation is 2. The minimum atomic E-state index is -3.77. The maximum Gasteiger partial charge on any atom is 0.265 e. The molecule has 0 N–H and O–H groups in total. The lowest BCUT2D eigenvalue weighted by Gasteiger charge is -2.36. The molecule has 0 unspecified atom stereocenters. The van der Waals surface area contributed by atoms with Crippen molar-refractivity contribution in [1.82, 2.24) is 24.1 Å². The molecule has 0 bridgehead atoms. The Morgan fingerprint density at radius 3 is 1.82 bits per heavy atom. The Kier molecular flexibility index (Phi) is 8.13. The van der Waals surface area contributed by atoms with Gasteiger partial charge in [-0.3, -0.25) is 9.08 Å². The number of benzene rings is 4. The fourth-order valence-electron chi connectivity index (χ4n) is 6.75. The third kappa shape index (κ3) is 5.53. The van der Waals surface area contributed by atoms with Crippen LogP contribution in [0.2, 0.25) is 0 Å². The van der Waals surface area contributed by atoms with Crippen molar-refractivity contribution in [2.75, 3.05) is 11.4 Å². The summed E-state index contributed by atoms with van der Waals surface area (Å²) in [7, 11) is -2.25. The van der Waals surface area contributed by atoms with E-state index in [1.807, 2.05) is 66.2 Å². The number of rotatable bonds is 9. The SMILES string of the molecule is Cc1csc(N(C)S(=O)(=O)c2ccc(-c3cnc4ccc(-c5cn(C(c6ccccc6)(c6ccccc6)c6ccccc6)nc5C)cn34)cc2)n1. The van der Waals surface area contributed by atoms with E-state index in [-0.39, 0.29) is 4.90 Å². The molecule has 0 aliphatic rings. The number of thiazole rings is 1. The van der Waals surface area contributed by atoms with Crippen molar-refractivity contribution in [3.8, 4) is 22.4 Å². The topological polar surface area (TPSA) is 85.4 Å². The molecular formula is C41H34N6O2S2. The summed E-state index contributed by atoms with van der Waals surface area (Å²) < 4.78 is 32.2. The predicted octanol–water partition coefficient (Wildman–Crippen LogP) is 8.60. The summed E-state index contributed by atoms with van der Waals surface area (Å²) in [6, 6.07) is 42.5. The summed E-state index contributed by atoms with van der Waals surface area (Å²) >= 11 is 1.30. The van der Waals surface area contributed by atoms with Crippen molar-refractivity contribution in [2.24, 2.45) is 0 Å². The first-order valence-corrected chi connectivity index (χ1v) is 18.8. The number of sulfonamides is 1. The van der Waals surface area contributed by atoms with E-state index in [4.69, 9.17) is 5.10 Å². The molecule has 10 heteroatoms. The van der Waals surface area contributed by atoms with Crippen LogP contribution in [0, 0.1) is 13.8 Å². The minimum Gasteiger partial charge on any atom is -0.299 e. The summed E-state index contributed by atoms with van der Waals surface area (Å²) in [4.78, 5) is 9.20. The molecule has 0 saturated carbocycles. The zero-order valence-electron chi connectivity index (χ0n) is 28.3. The Morgan fingerprint density at radius 1 is 0.706 bits per heavy atom. The van der Waals surface area contributed by atoms with Crippen LogP contribution < -0.4 is 4.31 Å². The van der Waals surface area contributed by atoms with Gasteiger partial charge in [0.05, 0.1) is 28.2 Å². The largest absolute Gasteiger partial charge is 0.299 e. The summed E-state index contributed by atoms with van der Waals surface area (Å²) in [6.45, 7) is 3.89. The van der Waals surface area contributed by atoms with Gasteiger partial charge in [-0.05, 0) is 54.8 Å². The molecule has 4 aromatic carbocycles. The van der Waals surface area contributed by atoms with E-state index < -0.39 is 15.6 Å². The molecule has 0 saturated heterocycles. The number of nitrogens with zero attached hydrogens (tertiary/aromatic N) is 6. The standard InChI is InChI=1S/C41H34N6O2S2/c1-29-28-50-40(43-29)45(3)51(48,49)36-22-19-31(20-23-36)38-25-42-39-24-21-32(26-46(38)39)37-27-47(44-30(37)2)41(33-13-7-4-8-14-33,34-15-9-5-10-16-34)35-17-11-6-12-18-35/h4-28H,1-3H3. The van der Waals surface area contributed by atoms with Gasteiger partial charge in [-0.2, -0.15) is 5.10 Å². The van der Waals surface area contributed by atoms with E-state index in [1.165, 1.54) is 22.7 Å². The molecule has 0 atom stereocenters. The molecule has 8 nitrogen and oxygen atoms in total. The lowest BCUT2D eigenvalue weighted by molar-refractivity contribution is 0.458. The number of pyridine rings is 1. The molecule has 0 aliphatic carbocycles. The minimum absolute atomic E-state index is 0.192. The number of imidazole rings is 1. The van der Waals surface area contributed by atoms with Gasteiger partial charge in [-0.15, -0.1) is 11.3 Å². The van der Waals surface area contributed by atoms with Gasteiger partial charge in [0.2, 0.25) is 0 Å². The lowest BCUT2D eigenvalue weighted by atomic mass is 9.77. The second-order valence-corrected chi connectivity index (χ2v) is 15.2. The van der Waals surface area contributed by atoms with Gasteiger partial charge in [-0.1, -0.05) is 103 Å². The number of anilines is 1. The third-order valence-electron chi connectivity index (χ3n) is 9.32. The van der Waals surface area contributed by atoms with E-state index in [0.717, 1.165) is 56.1 Å². The quantitative estimate of drug-likeness (QED) is 0.140. The van der Waals surface area contributed by atoms with Crippen molar-refractivity contribution < 1.29 is 8.42 Å². The van der Waals surface area contributed by atoms with Gasteiger partial charge in [0, 0.05) is 41.5 Å². The van der Waals surface area contributed by atoms with Crippen LogP contribution >= 0.6 is 11.3 Å². The van der Waals surface area contributed by atoms with Crippen LogP contribution in [0.4, 0.5) is 5.13 Å². The van der Waals surface area contributed by atoms with Crippen molar-refractivity contribution in [3.05, 3.63) is 179 Å². The van der Waals surface area contributed by atoms with Gasteiger partial charge in [-0.25, -0.2) is 22.7 Å². The van der Waals surface area contributed by atoms with E-state index in [0.29, 0.717) is 5.13 Å². The Balaban J connectivity index is 1.21. The predicted molar refractivity (Wildman–Crippen MR) is 204 cm³/mol. The van der Waals surface area contributed by atoms with Crippen molar-refractivity contribution >= 4 is 32.1 Å². The maximum atomic E-state index is 13.4. The second-order valence-electron chi connectivity index (χ2n) is 12.4. The van der Waals surface area contributed by atoms with Crippen LogP contribution in [-0.4, -0.2) is 39.6 Å². The van der Waals surface area contributed by atoms with Gasteiger partial charge in [0.15, 0.2) is 5.13 Å². The zero-order valence-corrected chi connectivity index (χ0v) is 29.9. The Labute approximate surface area is 301 Å². The first-order valence-electron chi connectivity index (χ1n) is 16.5. The first kappa shape index (κ1) is 32.4. The highest BCUT2D eigenvalue weighted by Gasteiger charge is 2.39. The molecule has 4 heterocycles. The highest BCUT2D eigenvalue weighted by molar-refractivity contribution is 7.93. The molecular weight excluding hydrogens is 673 g/mol. The van der Waals surface area contributed by atoms with Crippen LogP contribution in [0.5, 0.6) is 0 Å². The summed E-state index contributed by atoms with van der Waals surface area (Å²) in [5, 5.41) is 7.50. The third-order valence-corrected chi connectivity index (χ3v) is 12.2. The highest BCUT2D eigenvalue weighted by atomic mass is 32.2. The number of fused-ring (bicyclic) bond motifs is 1. The normalized spacial score (nSPS) is 12.0. The first-order chi connectivity index (χ1) is 24.8. The van der Waals surface area contributed by atoms with E-state index >= 15 is 0 Å². The average Bonchev–Trinajstić information content (AvgIpc) is 3.91. The van der Waals surface area contributed by atoms with Crippen molar-refractivity contribution in [3.63, 3.8) is 0 Å². The lowest BCUT2D eigenvalue weighted by Crippen LogP contribution is -2.38. The van der Waals surface area contributed by atoms with E-state index in [2.05, 4.69) is 106 Å². The molecule has 51 heavy (non-hydrogen) atoms. The van der Waals surface area contributed by atoms with Gasteiger partial charge in [0.1, 0.15) is 11.2 Å². The van der Waals surface area contributed by atoms with Crippen LogP contribution in [-0.2, 0) is 15.6 Å². The van der Waals surface area contributed by atoms with Crippen molar-refractivity contribution in [2.45, 2.75) is 24.3 Å². The van der Waals surface area contributed by atoms with Crippen molar-refractivity contribution in [1.29, 1.82) is 0 Å². The maximum absolute atomic E-state index is 13.4. The zero-order chi connectivity index (χ0) is 35.2. The molecule has 4 aromatic heterocycles. The molecule has 0 radical (unpaired) electrons. The molecule has 0 amide bonds. The smallest absolute Gasteiger partial charge is 0.265 e. The molecule has 0 spiro atoms. The molecule has 8 rings (SSSR count). The average molecular weight is 707 g/mol. The van der Waals surface area contributed by atoms with Gasteiger partial charge < -0.3 is 0 Å². The number of aromatic nitrogens is 5. The van der Waals surface area contributed by atoms with E-state index in [1.54, 1.807) is 12.1 Å². The van der Waals surface area contributed by atoms with Gasteiger partial charge >= 0.3 is 0 Å². The van der Waals surface area contributed by atoms with Crippen LogP contribution in [0.1, 0.15) is 28.1 Å². The summed E-state index contributed by atoms with van der Waals surface area (Å²) in [5.74, 6) is 0. The Morgan fingerprint density at radius 2 is 1.27 bits per heavy atom. The summed E-state index contributed by atoms with van der Waals surface area (Å²) in [5.41, 5.74) is 8.67. The van der Waals surface area contributed by atoms with Crippen LogP contribution in [0.3, 0.4) is 0 Å². The molecule has 0 aliphatic heterocycles. The van der Waals surface area contributed by atoms with Gasteiger partial charge in [0.25, 0.3) is 10.0 Å². The van der Waals surface area contributed by atoms with E-state index in [9.17, 15) is 8.42 Å². The fraction of sp³-hybridized carbons (Fsp3) is 0.0976. The Bertz CT molecular complexity index is 2480. The molecule has 0 fully saturated rings. The summed E-state index contributed by atoms with van der Waals surface area (Å²) in [6.07, 6.45) is 6.03. The fourth-order valence-corrected chi connectivity index (χ4v) is 8.89. The van der Waals surface area contributed by atoms with Crippen LogP contribution in [0.15, 0.2) is 156 Å². The van der Waals surface area contributed by atoms with Crippen LogP contribution in [0.25, 0.3) is 28.0 Å². The molecule has 8 aromatic rings. The monoisotopic (exact) mass is 706 g/mol. The second kappa shape index (κ2) is 12.8. The number of hydrogen-bond donors (Lipinski definition) is 0.